The van der Waals surface area contributed by atoms with E-state index in [9.17, 15) is 9.59 Å². The van der Waals surface area contributed by atoms with Crippen LogP contribution in [0.2, 0.25) is 0 Å². The van der Waals surface area contributed by atoms with Crippen LogP contribution in [0.5, 0.6) is 0 Å². The third kappa shape index (κ3) is 4.78. The van der Waals surface area contributed by atoms with E-state index in [1.165, 1.54) is 0 Å². The number of benzene rings is 2. The van der Waals surface area contributed by atoms with Gasteiger partial charge in [0.1, 0.15) is 6.04 Å². The molecule has 2 aliphatic rings. The molecule has 174 valence electrons. The number of morpholine rings is 1. The van der Waals surface area contributed by atoms with E-state index in [0.29, 0.717) is 37.9 Å². The molecule has 3 heterocycles. The van der Waals surface area contributed by atoms with E-state index in [1.54, 1.807) is 33.7 Å². The molecule has 2 aromatic carbocycles. The van der Waals surface area contributed by atoms with Crippen molar-refractivity contribution < 1.29 is 14.3 Å². The van der Waals surface area contributed by atoms with E-state index < -0.39 is 6.04 Å². The molecule has 34 heavy (non-hydrogen) atoms. The second-order valence-corrected chi connectivity index (χ2v) is 9.17. The van der Waals surface area contributed by atoms with Crippen LogP contribution in [0.4, 0.5) is 0 Å². The van der Waals surface area contributed by atoms with Crippen LogP contribution < -0.4 is 0 Å². The van der Waals surface area contributed by atoms with Crippen LogP contribution >= 0.6 is 11.8 Å². The molecule has 0 saturated carbocycles. The Morgan fingerprint density at radius 1 is 1.00 bits per heavy atom. The Morgan fingerprint density at radius 2 is 1.71 bits per heavy atom. The molecule has 2 aliphatic heterocycles. The summed E-state index contributed by atoms with van der Waals surface area (Å²) in [6.07, 6.45) is 5.29. The molecule has 0 N–H and O–H groups in total. The van der Waals surface area contributed by atoms with Crippen molar-refractivity contribution in [2.24, 2.45) is 0 Å². The maximum absolute atomic E-state index is 13.1. The SMILES string of the molecule is O=C(C1CSCN1C(=O)C=Cc1cn(-c2ccccc2)nc1-c1ccccc1)N1CCOCC1. The van der Waals surface area contributed by atoms with E-state index in [2.05, 4.69) is 0 Å². The van der Waals surface area contributed by atoms with Gasteiger partial charge in [-0.15, -0.1) is 11.8 Å². The minimum absolute atomic E-state index is 0.0110. The predicted molar refractivity (Wildman–Crippen MR) is 133 cm³/mol. The molecule has 8 heteroatoms. The summed E-state index contributed by atoms with van der Waals surface area (Å²) in [7, 11) is 0. The highest BCUT2D eigenvalue weighted by Gasteiger charge is 2.36. The normalized spacial score (nSPS) is 18.5. The fraction of sp³-hybridized carbons (Fsp3) is 0.269. The standard InChI is InChI=1S/C26H26N4O3S/c31-24(29-19-34-18-23(29)26(32)28-13-15-33-16-14-28)12-11-21-17-30(22-9-5-2-6-10-22)27-25(21)20-7-3-1-4-8-20/h1-12,17,23H,13-16,18-19H2. The Morgan fingerprint density at radius 3 is 2.44 bits per heavy atom. The molecule has 2 amide bonds. The van der Waals surface area contributed by atoms with Gasteiger partial charge in [0.15, 0.2) is 0 Å². The Balaban J connectivity index is 1.39. The summed E-state index contributed by atoms with van der Waals surface area (Å²) in [5.41, 5.74) is 3.55. The van der Waals surface area contributed by atoms with Gasteiger partial charge in [-0.05, 0) is 18.2 Å². The molecule has 0 radical (unpaired) electrons. The molecular formula is C26H26N4O3S. The van der Waals surface area contributed by atoms with Gasteiger partial charge in [-0.25, -0.2) is 4.68 Å². The van der Waals surface area contributed by atoms with Crippen LogP contribution in [0.15, 0.2) is 72.9 Å². The minimum atomic E-state index is -0.430. The number of hydrogen-bond donors (Lipinski definition) is 0. The third-order valence-corrected chi connectivity index (χ3v) is 7.00. The van der Waals surface area contributed by atoms with E-state index in [1.807, 2.05) is 71.5 Å². The number of amides is 2. The average Bonchev–Trinajstić information content (AvgIpc) is 3.56. The molecular weight excluding hydrogens is 448 g/mol. The van der Waals surface area contributed by atoms with Gasteiger partial charge in [-0.3, -0.25) is 9.59 Å². The number of carbonyl (C=O) groups excluding carboxylic acids is 2. The lowest BCUT2D eigenvalue weighted by Crippen LogP contribution is -2.51. The second-order valence-electron chi connectivity index (χ2n) is 8.17. The largest absolute Gasteiger partial charge is 0.378 e. The predicted octanol–water partition coefficient (Wildman–Crippen LogP) is 3.31. The first-order valence-corrected chi connectivity index (χ1v) is 12.5. The average molecular weight is 475 g/mol. The molecule has 7 nitrogen and oxygen atoms in total. The van der Waals surface area contributed by atoms with Gasteiger partial charge in [0.05, 0.1) is 30.5 Å². The molecule has 0 aliphatic carbocycles. The third-order valence-electron chi connectivity index (χ3n) is 5.99. The summed E-state index contributed by atoms with van der Waals surface area (Å²) in [6.45, 7) is 2.26. The second kappa shape index (κ2) is 10.3. The Labute approximate surface area is 203 Å². The van der Waals surface area contributed by atoms with E-state index in [4.69, 9.17) is 9.84 Å². The number of ether oxygens (including phenoxy) is 1. The molecule has 3 aromatic rings. The maximum Gasteiger partial charge on any atom is 0.247 e. The molecule has 0 spiro atoms. The summed E-state index contributed by atoms with van der Waals surface area (Å²) < 4.78 is 7.18. The van der Waals surface area contributed by atoms with Crippen LogP contribution in [0, 0.1) is 0 Å². The Bertz CT molecular complexity index is 1170. The van der Waals surface area contributed by atoms with Crippen LogP contribution in [0.3, 0.4) is 0 Å². The van der Waals surface area contributed by atoms with Crippen LogP contribution in [-0.4, -0.2) is 75.4 Å². The van der Waals surface area contributed by atoms with Crippen molar-refractivity contribution in [2.45, 2.75) is 6.04 Å². The number of carbonyl (C=O) groups is 2. The zero-order valence-electron chi connectivity index (χ0n) is 18.7. The van der Waals surface area contributed by atoms with Crippen LogP contribution in [-0.2, 0) is 14.3 Å². The number of para-hydroxylation sites is 1. The number of hydrogen-bond acceptors (Lipinski definition) is 5. The van der Waals surface area contributed by atoms with Crippen molar-refractivity contribution in [3.8, 4) is 16.9 Å². The van der Waals surface area contributed by atoms with Crippen molar-refractivity contribution in [1.82, 2.24) is 19.6 Å². The topological polar surface area (TPSA) is 67.7 Å². The molecule has 1 unspecified atom stereocenters. The molecule has 2 saturated heterocycles. The maximum atomic E-state index is 13.1. The van der Waals surface area contributed by atoms with Crippen LogP contribution in [0.25, 0.3) is 23.0 Å². The molecule has 1 aromatic heterocycles. The number of rotatable bonds is 5. The van der Waals surface area contributed by atoms with Crippen LogP contribution in [0.1, 0.15) is 5.56 Å². The van der Waals surface area contributed by atoms with Gasteiger partial charge in [0, 0.05) is 42.2 Å². The van der Waals surface area contributed by atoms with Crippen molar-refractivity contribution >= 4 is 29.7 Å². The fourth-order valence-corrected chi connectivity index (χ4v) is 5.31. The van der Waals surface area contributed by atoms with Crippen molar-refractivity contribution in [1.29, 1.82) is 0 Å². The molecule has 2 fully saturated rings. The van der Waals surface area contributed by atoms with Gasteiger partial charge in [-0.2, -0.15) is 5.10 Å². The highest BCUT2D eigenvalue weighted by molar-refractivity contribution is 7.99. The Kier molecular flexibility index (Phi) is 6.78. The van der Waals surface area contributed by atoms with Gasteiger partial charge < -0.3 is 14.5 Å². The highest BCUT2D eigenvalue weighted by atomic mass is 32.2. The van der Waals surface area contributed by atoms with Gasteiger partial charge in [0.2, 0.25) is 11.8 Å². The van der Waals surface area contributed by atoms with Crippen molar-refractivity contribution in [3.63, 3.8) is 0 Å². The lowest BCUT2D eigenvalue weighted by Gasteiger charge is -2.31. The number of aromatic nitrogens is 2. The summed E-state index contributed by atoms with van der Waals surface area (Å²) in [5.74, 6) is 0.982. The van der Waals surface area contributed by atoms with E-state index >= 15 is 0 Å². The zero-order valence-corrected chi connectivity index (χ0v) is 19.6. The summed E-state index contributed by atoms with van der Waals surface area (Å²) >= 11 is 1.61. The monoisotopic (exact) mass is 474 g/mol. The van der Waals surface area contributed by atoms with Gasteiger partial charge in [0.25, 0.3) is 0 Å². The first kappa shape index (κ1) is 22.4. The number of nitrogens with zero attached hydrogens (tertiary/aromatic N) is 4. The summed E-state index contributed by atoms with van der Waals surface area (Å²) in [4.78, 5) is 29.6. The molecule has 0 bridgehead atoms. The molecule has 1 atom stereocenters. The zero-order chi connectivity index (χ0) is 23.3. The Hall–Kier alpha value is -3.36. The van der Waals surface area contributed by atoms with Gasteiger partial charge in [-0.1, -0.05) is 48.5 Å². The highest BCUT2D eigenvalue weighted by Crippen LogP contribution is 2.26. The first-order chi connectivity index (χ1) is 16.7. The minimum Gasteiger partial charge on any atom is -0.378 e. The number of thioether (sulfide) groups is 1. The van der Waals surface area contributed by atoms with Gasteiger partial charge >= 0.3 is 0 Å². The first-order valence-electron chi connectivity index (χ1n) is 11.3. The van der Waals surface area contributed by atoms with E-state index in [-0.39, 0.29) is 11.8 Å². The summed E-state index contributed by atoms with van der Waals surface area (Å²) in [6, 6.07) is 19.4. The quantitative estimate of drug-likeness (QED) is 0.531. The van der Waals surface area contributed by atoms with E-state index in [0.717, 1.165) is 22.5 Å². The summed E-state index contributed by atoms with van der Waals surface area (Å²) in [5, 5.41) is 4.79. The fourth-order valence-electron chi connectivity index (χ4n) is 4.16. The lowest BCUT2D eigenvalue weighted by atomic mass is 10.1. The molecule has 5 rings (SSSR count). The van der Waals surface area contributed by atoms with Crippen molar-refractivity contribution in [2.75, 3.05) is 37.9 Å². The lowest BCUT2D eigenvalue weighted by molar-refractivity contribution is -0.144. The smallest absolute Gasteiger partial charge is 0.247 e. The van der Waals surface area contributed by atoms with Crippen molar-refractivity contribution in [3.05, 3.63) is 78.5 Å².